The van der Waals surface area contributed by atoms with Gasteiger partial charge in [-0.3, -0.25) is 9.48 Å². The minimum atomic E-state index is -0.347. The van der Waals surface area contributed by atoms with Crippen molar-refractivity contribution in [2.45, 2.75) is 46.2 Å². The number of esters is 1. The fourth-order valence-corrected chi connectivity index (χ4v) is 1.83. The minimum absolute atomic E-state index is 0.226. The molecule has 0 saturated carbocycles. The van der Waals surface area contributed by atoms with Gasteiger partial charge in [0.15, 0.2) is 0 Å². The highest BCUT2D eigenvalue weighted by Crippen LogP contribution is 2.07. The molecule has 1 unspecified atom stereocenters. The Morgan fingerprint density at radius 2 is 2.17 bits per heavy atom. The summed E-state index contributed by atoms with van der Waals surface area (Å²) in [6.07, 6.45) is 1.82. The number of rotatable bonds is 7. The molecule has 0 aliphatic heterocycles. The predicted molar refractivity (Wildman–Crippen MR) is 70.5 cm³/mol. The van der Waals surface area contributed by atoms with E-state index in [4.69, 9.17) is 4.74 Å². The quantitative estimate of drug-likeness (QED) is 0.741. The minimum Gasteiger partial charge on any atom is -0.465 e. The first-order valence-electron chi connectivity index (χ1n) is 6.55. The van der Waals surface area contributed by atoms with Gasteiger partial charge in [-0.2, -0.15) is 5.10 Å². The van der Waals surface area contributed by atoms with Crippen molar-refractivity contribution in [2.75, 3.05) is 13.7 Å². The van der Waals surface area contributed by atoms with Gasteiger partial charge in [0.05, 0.1) is 18.8 Å². The first kappa shape index (κ1) is 14.7. The Hall–Kier alpha value is -1.36. The van der Waals surface area contributed by atoms with Crippen molar-refractivity contribution >= 4 is 5.97 Å². The number of aromatic nitrogens is 2. The van der Waals surface area contributed by atoms with Crippen LogP contribution in [0, 0.1) is 0 Å². The zero-order chi connectivity index (χ0) is 13.5. The summed E-state index contributed by atoms with van der Waals surface area (Å²) < 4.78 is 6.93. The molecular weight excluding hydrogens is 230 g/mol. The number of nitrogens with zero attached hydrogens (tertiary/aromatic N) is 2. The van der Waals surface area contributed by atoms with Crippen molar-refractivity contribution in [3.8, 4) is 0 Å². The number of ether oxygens (including phenoxy) is 1. The molecule has 0 saturated heterocycles. The molecule has 1 N–H and O–H groups in total. The van der Waals surface area contributed by atoms with Gasteiger partial charge >= 0.3 is 5.97 Å². The first-order chi connectivity index (χ1) is 8.65. The van der Waals surface area contributed by atoms with Gasteiger partial charge in [0, 0.05) is 5.69 Å². The third-order valence-corrected chi connectivity index (χ3v) is 2.91. The summed E-state index contributed by atoms with van der Waals surface area (Å²) >= 11 is 0. The number of nitrogens with one attached hydrogen (secondary N) is 1. The summed E-state index contributed by atoms with van der Waals surface area (Å²) in [5.41, 5.74) is 2.21. The van der Waals surface area contributed by atoms with Gasteiger partial charge in [-0.15, -0.1) is 0 Å². The first-order valence-corrected chi connectivity index (χ1v) is 6.55. The molecule has 0 amide bonds. The van der Waals surface area contributed by atoms with Gasteiger partial charge in [0.25, 0.3) is 0 Å². The Labute approximate surface area is 109 Å². The highest BCUT2D eigenvalue weighted by molar-refractivity contribution is 5.75. The van der Waals surface area contributed by atoms with E-state index in [1.165, 1.54) is 0 Å². The molecule has 102 valence electrons. The number of hydrogen-bond acceptors (Lipinski definition) is 4. The molecule has 18 heavy (non-hydrogen) atoms. The number of likely N-dealkylation sites (N-methyl/N-ethyl adjacent to an activating group) is 1. The van der Waals surface area contributed by atoms with Gasteiger partial charge in [0.2, 0.25) is 0 Å². The molecule has 0 radical (unpaired) electrons. The van der Waals surface area contributed by atoms with E-state index in [0.717, 1.165) is 24.2 Å². The maximum Gasteiger partial charge on any atom is 0.325 e. The number of aryl methyl sites for hydroxylation is 2. The lowest BCUT2D eigenvalue weighted by atomic mass is 10.2. The molecule has 1 aromatic heterocycles. The van der Waals surface area contributed by atoms with E-state index < -0.39 is 0 Å². The fourth-order valence-electron chi connectivity index (χ4n) is 1.83. The Morgan fingerprint density at radius 3 is 2.67 bits per heavy atom. The largest absolute Gasteiger partial charge is 0.465 e. The van der Waals surface area contributed by atoms with Crippen molar-refractivity contribution in [2.24, 2.45) is 0 Å². The molecule has 0 aromatic carbocycles. The van der Waals surface area contributed by atoms with Crippen molar-refractivity contribution in [3.63, 3.8) is 0 Å². The van der Waals surface area contributed by atoms with E-state index in [9.17, 15) is 4.79 Å². The van der Waals surface area contributed by atoms with Gasteiger partial charge in [0.1, 0.15) is 6.04 Å². The lowest BCUT2D eigenvalue weighted by molar-refractivity contribution is -0.145. The monoisotopic (exact) mass is 253 g/mol. The standard InChI is InChI=1S/C13H23N3O2/c1-5-10-8-11(6-2)16(15-10)9-12(14-4)13(17)18-7-3/h8,12,14H,5-7,9H2,1-4H3. The molecule has 1 rings (SSSR count). The maximum absolute atomic E-state index is 11.7. The zero-order valence-corrected chi connectivity index (χ0v) is 11.7. The van der Waals surface area contributed by atoms with E-state index in [-0.39, 0.29) is 12.0 Å². The average Bonchev–Trinajstić information content (AvgIpc) is 2.78. The van der Waals surface area contributed by atoms with Gasteiger partial charge in [-0.25, -0.2) is 0 Å². The molecule has 5 heteroatoms. The number of carbonyl (C=O) groups excluding carboxylic acids is 1. The Balaban J connectivity index is 2.80. The second-order valence-corrected chi connectivity index (χ2v) is 4.11. The fraction of sp³-hybridized carbons (Fsp3) is 0.692. The van der Waals surface area contributed by atoms with E-state index in [2.05, 4.69) is 30.3 Å². The van der Waals surface area contributed by atoms with Crippen LogP contribution in [0.15, 0.2) is 6.07 Å². The van der Waals surface area contributed by atoms with Crippen LogP contribution in [0.2, 0.25) is 0 Å². The smallest absolute Gasteiger partial charge is 0.325 e. The third kappa shape index (κ3) is 3.57. The average molecular weight is 253 g/mol. The Bertz CT molecular complexity index is 388. The van der Waals surface area contributed by atoms with Gasteiger partial charge < -0.3 is 10.1 Å². The SMILES string of the molecule is CCOC(=O)C(Cn1nc(CC)cc1CC)NC. The zero-order valence-electron chi connectivity index (χ0n) is 11.7. The Kier molecular flexibility index (Phi) is 5.85. The van der Waals surface area contributed by atoms with E-state index >= 15 is 0 Å². The van der Waals surface area contributed by atoms with E-state index in [0.29, 0.717) is 13.2 Å². The van der Waals surface area contributed by atoms with Crippen LogP contribution in [-0.2, 0) is 28.9 Å². The van der Waals surface area contributed by atoms with Crippen LogP contribution < -0.4 is 5.32 Å². The van der Waals surface area contributed by atoms with Gasteiger partial charge in [-0.1, -0.05) is 13.8 Å². The summed E-state index contributed by atoms with van der Waals surface area (Å²) in [5.74, 6) is -0.226. The third-order valence-electron chi connectivity index (χ3n) is 2.91. The molecule has 0 aliphatic carbocycles. The normalized spacial score (nSPS) is 12.4. The predicted octanol–water partition coefficient (Wildman–Crippen LogP) is 1.16. The summed E-state index contributed by atoms with van der Waals surface area (Å²) in [7, 11) is 1.76. The molecule has 0 aliphatic rings. The number of carbonyl (C=O) groups is 1. The molecule has 0 bridgehead atoms. The molecule has 1 aromatic rings. The van der Waals surface area contributed by atoms with Crippen molar-refractivity contribution in [1.29, 1.82) is 0 Å². The van der Waals surface area contributed by atoms with Crippen LogP contribution in [-0.4, -0.2) is 35.4 Å². The summed E-state index contributed by atoms with van der Waals surface area (Å²) in [6.45, 7) is 6.89. The maximum atomic E-state index is 11.7. The molecule has 1 atom stereocenters. The van der Waals surface area contributed by atoms with Crippen LogP contribution in [0.5, 0.6) is 0 Å². The van der Waals surface area contributed by atoms with Crippen molar-refractivity contribution in [1.82, 2.24) is 15.1 Å². The summed E-state index contributed by atoms with van der Waals surface area (Å²) in [4.78, 5) is 11.7. The highest BCUT2D eigenvalue weighted by Gasteiger charge is 2.20. The summed E-state index contributed by atoms with van der Waals surface area (Å²) in [5, 5.41) is 7.48. The lowest BCUT2D eigenvalue weighted by Gasteiger charge is -2.16. The van der Waals surface area contributed by atoms with Crippen LogP contribution >= 0.6 is 0 Å². The van der Waals surface area contributed by atoms with Crippen LogP contribution in [0.25, 0.3) is 0 Å². The molecule has 0 fully saturated rings. The van der Waals surface area contributed by atoms with Gasteiger partial charge in [-0.05, 0) is 32.9 Å². The topological polar surface area (TPSA) is 56.2 Å². The molecule has 5 nitrogen and oxygen atoms in total. The number of hydrogen-bond donors (Lipinski definition) is 1. The van der Waals surface area contributed by atoms with E-state index in [1.807, 2.05) is 11.6 Å². The molecular formula is C13H23N3O2. The second kappa shape index (κ2) is 7.16. The van der Waals surface area contributed by atoms with Crippen LogP contribution in [0.4, 0.5) is 0 Å². The molecule has 1 heterocycles. The van der Waals surface area contributed by atoms with E-state index in [1.54, 1.807) is 7.05 Å². The van der Waals surface area contributed by atoms with Crippen LogP contribution in [0.3, 0.4) is 0 Å². The summed E-state index contributed by atoms with van der Waals surface area (Å²) in [6, 6.07) is 1.75. The Morgan fingerprint density at radius 1 is 1.44 bits per heavy atom. The van der Waals surface area contributed by atoms with Crippen LogP contribution in [0.1, 0.15) is 32.2 Å². The van der Waals surface area contributed by atoms with Crippen molar-refractivity contribution in [3.05, 3.63) is 17.5 Å². The highest BCUT2D eigenvalue weighted by atomic mass is 16.5. The molecule has 0 spiro atoms. The second-order valence-electron chi connectivity index (χ2n) is 4.11. The van der Waals surface area contributed by atoms with Crippen molar-refractivity contribution < 1.29 is 9.53 Å². The lowest BCUT2D eigenvalue weighted by Crippen LogP contribution is -2.39.